The Kier molecular flexibility index (Phi) is 5.07. The molecular weight excluding hydrogens is 408 g/mol. The molecule has 0 bridgehead atoms. The Morgan fingerprint density at radius 2 is 2.19 bits per heavy atom. The van der Waals surface area contributed by atoms with Crippen molar-refractivity contribution in [1.29, 1.82) is 0 Å². The molecule has 140 valence electrons. The third-order valence-corrected chi connectivity index (χ3v) is 5.64. The molecule has 1 atom stereocenters. The molecule has 1 aliphatic rings. The quantitative estimate of drug-likeness (QED) is 0.655. The van der Waals surface area contributed by atoms with Crippen LogP contribution in [0.4, 0.5) is 11.4 Å². The van der Waals surface area contributed by atoms with Crippen molar-refractivity contribution in [1.82, 2.24) is 19.9 Å². The molecule has 0 radical (unpaired) electrons. The molecule has 2 N–H and O–H groups in total. The van der Waals surface area contributed by atoms with Gasteiger partial charge in [0.25, 0.3) is 5.91 Å². The van der Waals surface area contributed by atoms with Gasteiger partial charge in [-0.25, -0.2) is 15.0 Å². The normalized spacial score (nSPS) is 17.3. The number of aromatic nitrogens is 4. The Hall–Kier alpha value is -2.48. The molecule has 3 aromatic heterocycles. The average Bonchev–Trinajstić information content (AvgIpc) is 3.11. The maximum Gasteiger partial charge on any atom is 0.293 e. The van der Waals surface area contributed by atoms with Gasteiger partial charge in [-0.3, -0.25) is 4.79 Å². The van der Waals surface area contributed by atoms with E-state index in [1.165, 1.54) is 19.3 Å². The number of hydrogen-bond acceptors (Lipinski definition) is 5. The van der Waals surface area contributed by atoms with Crippen molar-refractivity contribution < 1.29 is 4.79 Å². The molecule has 8 heteroatoms. The maximum absolute atomic E-state index is 12.5. The smallest absolute Gasteiger partial charge is 0.293 e. The van der Waals surface area contributed by atoms with Gasteiger partial charge in [0.15, 0.2) is 0 Å². The highest BCUT2D eigenvalue weighted by Crippen LogP contribution is 2.39. The standard InChI is InChI=1S/C19H21BrN6O/c1-2-12-5-3-8-26(11-12)16-13(20)9-23-17-15(16)14(10-24-17)25-19(27)18-21-6-4-7-22-18/h4,6-7,9-10,12H,2-3,5,8,11H2,1H3,(H,23,24)(H,25,27)/t12-/m1/s1. The van der Waals surface area contributed by atoms with Gasteiger partial charge in [-0.15, -0.1) is 0 Å². The van der Waals surface area contributed by atoms with Crippen LogP contribution in [0, 0.1) is 5.92 Å². The van der Waals surface area contributed by atoms with Gasteiger partial charge in [-0.2, -0.15) is 0 Å². The number of piperidine rings is 1. The second kappa shape index (κ2) is 7.64. The van der Waals surface area contributed by atoms with E-state index in [4.69, 9.17) is 0 Å². The van der Waals surface area contributed by atoms with Crippen LogP contribution >= 0.6 is 15.9 Å². The zero-order valence-electron chi connectivity index (χ0n) is 15.1. The van der Waals surface area contributed by atoms with Crippen LogP contribution in [0.2, 0.25) is 0 Å². The monoisotopic (exact) mass is 428 g/mol. The van der Waals surface area contributed by atoms with Gasteiger partial charge in [-0.05, 0) is 40.8 Å². The molecule has 7 nitrogen and oxygen atoms in total. The highest BCUT2D eigenvalue weighted by molar-refractivity contribution is 9.10. The minimum atomic E-state index is -0.340. The van der Waals surface area contributed by atoms with Crippen molar-refractivity contribution in [3.8, 4) is 0 Å². The topological polar surface area (TPSA) is 86.8 Å². The summed E-state index contributed by atoms with van der Waals surface area (Å²) in [7, 11) is 0. The van der Waals surface area contributed by atoms with Crippen molar-refractivity contribution in [2.45, 2.75) is 26.2 Å². The van der Waals surface area contributed by atoms with Crippen LogP contribution < -0.4 is 10.2 Å². The van der Waals surface area contributed by atoms with Gasteiger partial charge in [0.05, 0.1) is 21.2 Å². The van der Waals surface area contributed by atoms with Gasteiger partial charge >= 0.3 is 0 Å². The Bertz CT molecular complexity index is 957. The van der Waals surface area contributed by atoms with Crippen LogP contribution in [0.25, 0.3) is 11.0 Å². The first kappa shape index (κ1) is 17.9. The fourth-order valence-electron chi connectivity index (χ4n) is 3.66. The van der Waals surface area contributed by atoms with Crippen LogP contribution in [-0.4, -0.2) is 38.9 Å². The summed E-state index contributed by atoms with van der Waals surface area (Å²) in [6.07, 6.45) is 10.3. The van der Waals surface area contributed by atoms with E-state index in [1.54, 1.807) is 24.7 Å². The summed E-state index contributed by atoms with van der Waals surface area (Å²) in [6, 6.07) is 1.68. The van der Waals surface area contributed by atoms with Gasteiger partial charge in [0, 0.05) is 37.9 Å². The second-order valence-electron chi connectivity index (χ2n) is 6.77. The van der Waals surface area contributed by atoms with Crippen LogP contribution in [0.15, 0.2) is 35.3 Å². The number of H-pyrrole nitrogens is 1. The van der Waals surface area contributed by atoms with Crippen molar-refractivity contribution in [2.75, 3.05) is 23.3 Å². The van der Waals surface area contributed by atoms with Gasteiger partial charge in [0.1, 0.15) is 5.65 Å². The minimum Gasteiger partial charge on any atom is -0.370 e. The third-order valence-electron chi connectivity index (χ3n) is 5.06. The lowest BCUT2D eigenvalue weighted by Gasteiger charge is -2.35. The van der Waals surface area contributed by atoms with E-state index in [0.717, 1.165) is 34.3 Å². The molecule has 1 aliphatic heterocycles. The summed E-state index contributed by atoms with van der Waals surface area (Å²) < 4.78 is 0.929. The molecule has 4 rings (SSSR count). The van der Waals surface area contributed by atoms with E-state index in [9.17, 15) is 4.79 Å². The number of nitrogens with one attached hydrogen (secondary N) is 2. The highest BCUT2D eigenvalue weighted by atomic mass is 79.9. The molecule has 0 aromatic carbocycles. The molecule has 1 amide bonds. The van der Waals surface area contributed by atoms with E-state index < -0.39 is 0 Å². The molecule has 27 heavy (non-hydrogen) atoms. The predicted octanol–water partition coefficient (Wildman–Crippen LogP) is 3.99. The van der Waals surface area contributed by atoms with E-state index in [-0.39, 0.29) is 11.7 Å². The van der Waals surface area contributed by atoms with Gasteiger partial charge in [0.2, 0.25) is 5.82 Å². The van der Waals surface area contributed by atoms with E-state index in [0.29, 0.717) is 11.6 Å². The van der Waals surface area contributed by atoms with Crippen LogP contribution in [0.3, 0.4) is 0 Å². The number of rotatable bonds is 4. The fourth-order valence-corrected chi connectivity index (χ4v) is 4.21. The summed E-state index contributed by atoms with van der Waals surface area (Å²) >= 11 is 3.67. The molecule has 0 aliphatic carbocycles. The lowest BCUT2D eigenvalue weighted by molar-refractivity contribution is 0.101. The number of amides is 1. The SMILES string of the molecule is CC[C@@H]1CCCN(c2c(Br)cnc3[nH]cc(NC(=O)c4ncccn4)c23)C1. The largest absolute Gasteiger partial charge is 0.370 e. The number of carbonyl (C=O) groups excluding carboxylic acids is 1. The lowest BCUT2D eigenvalue weighted by atomic mass is 9.95. The van der Waals surface area contributed by atoms with Crippen molar-refractivity contribution in [3.05, 3.63) is 41.2 Å². The molecule has 1 saturated heterocycles. The van der Waals surface area contributed by atoms with Crippen molar-refractivity contribution >= 4 is 44.2 Å². The molecular formula is C19H21BrN6O. The summed E-state index contributed by atoms with van der Waals surface area (Å²) in [4.78, 5) is 30.6. The van der Waals surface area contributed by atoms with E-state index in [2.05, 4.69) is 53.0 Å². The third kappa shape index (κ3) is 3.53. The molecule has 0 unspecified atom stereocenters. The molecule has 1 fully saturated rings. The minimum absolute atomic E-state index is 0.139. The number of halogens is 1. The number of nitrogens with zero attached hydrogens (tertiary/aromatic N) is 4. The van der Waals surface area contributed by atoms with Crippen LogP contribution in [0.1, 0.15) is 36.8 Å². The number of pyridine rings is 1. The summed E-state index contributed by atoms with van der Waals surface area (Å²) in [6.45, 7) is 4.25. The summed E-state index contributed by atoms with van der Waals surface area (Å²) in [5.74, 6) is 0.483. The summed E-state index contributed by atoms with van der Waals surface area (Å²) in [5.41, 5.74) is 2.50. The fraction of sp³-hybridized carbons (Fsp3) is 0.368. The lowest BCUT2D eigenvalue weighted by Crippen LogP contribution is -2.35. The van der Waals surface area contributed by atoms with E-state index in [1.807, 2.05) is 6.20 Å². The molecule has 4 heterocycles. The van der Waals surface area contributed by atoms with Crippen molar-refractivity contribution in [2.24, 2.45) is 5.92 Å². The van der Waals surface area contributed by atoms with E-state index >= 15 is 0 Å². The number of hydrogen-bond donors (Lipinski definition) is 2. The molecule has 3 aromatic rings. The zero-order valence-corrected chi connectivity index (χ0v) is 16.7. The number of anilines is 2. The van der Waals surface area contributed by atoms with Crippen LogP contribution in [0.5, 0.6) is 0 Å². The summed E-state index contributed by atoms with van der Waals surface area (Å²) in [5, 5.41) is 3.84. The zero-order chi connectivity index (χ0) is 18.8. The van der Waals surface area contributed by atoms with Gasteiger partial charge < -0.3 is 15.2 Å². The maximum atomic E-state index is 12.5. The van der Waals surface area contributed by atoms with Crippen molar-refractivity contribution in [3.63, 3.8) is 0 Å². The first-order valence-electron chi connectivity index (χ1n) is 9.16. The Morgan fingerprint density at radius 1 is 1.37 bits per heavy atom. The highest BCUT2D eigenvalue weighted by Gasteiger charge is 2.25. The van der Waals surface area contributed by atoms with Crippen LogP contribution in [-0.2, 0) is 0 Å². The van der Waals surface area contributed by atoms with Gasteiger partial charge in [-0.1, -0.05) is 13.3 Å². The second-order valence-corrected chi connectivity index (χ2v) is 7.62. The predicted molar refractivity (Wildman–Crippen MR) is 109 cm³/mol. The average molecular weight is 429 g/mol. The Balaban J connectivity index is 1.72. The Labute approximate surface area is 165 Å². The number of aromatic amines is 1. The Morgan fingerprint density at radius 3 is 2.96 bits per heavy atom. The number of fused-ring (bicyclic) bond motifs is 1. The molecule has 0 saturated carbocycles. The number of carbonyl (C=O) groups is 1. The molecule has 0 spiro atoms. The first-order valence-corrected chi connectivity index (χ1v) is 9.95. The first-order chi connectivity index (χ1) is 13.2.